The average molecular weight is 363 g/mol. The van der Waals surface area contributed by atoms with Gasteiger partial charge in [-0.3, -0.25) is 4.79 Å². The number of anilines is 2. The molecule has 0 aliphatic carbocycles. The molecule has 2 rings (SSSR count). The third-order valence-electron chi connectivity index (χ3n) is 2.33. The highest BCUT2D eigenvalue weighted by Crippen LogP contribution is 2.28. The van der Waals surface area contributed by atoms with E-state index in [0.717, 1.165) is 6.07 Å². The van der Waals surface area contributed by atoms with Crippen molar-refractivity contribution in [2.45, 2.75) is 0 Å². The SMILES string of the molecule is Nc1ccc(Cl)c(C(=O)Nc2c(F)cc(F)cc2Br)n1. The third kappa shape index (κ3) is 3.05. The fourth-order valence-corrected chi connectivity index (χ4v) is 2.15. The number of nitrogen functional groups attached to an aromatic ring is 1. The Labute approximate surface area is 126 Å². The molecule has 0 atom stereocenters. The van der Waals surface area contributed by atoms with Gasteiger partial charge in [0.05, 0.1) is 10.7 Å². The predicted octanol–water partition coefficient (Wildman–Crippen LogP) is 3.61. The van der Waals surface area contributed by atoms with Gasteiger partial charge >= 0.3 is 0 Å². The Morgan fingerprint density at radius 2 is 2.05 bits per heavy atom. The number of benzene rings is 1. The van der Waals surface area contributed by atoms with Crippen LogP contribution in [0.2, 0.25) is 5.02 Å². The quantitative estimate of drug-likeness (QED) is 0.857. The van der Waals surface area contributed by atoms with Gasteiger partial charge in [0.25, 0.3) is 5.91 Å². The Bertz CT molecular complexity index is 673. The van der Waals surface area contributed by atoms with Crippen molar-refractivity contribution in [3.05, 3.63) is 51.1 Å². The third-order valence-corrected chi connectivity index (χ3v) is 3.26. The minimum atomic E-state index is -0.926. The normalized spacial score (nSPS) is 10.4. The van der Waals surface area contributed by atoms with Crippen LogP contribution in [0.25, 0.3) is 0 Å². The summed E-state index contributed by atoms with van der Waals surface area (Å²) < 4.78 is 26.6. The van der Waals surface area contributed by atoms with E-state index in [1.165, 1.54) is 12.1 Å². The molecule has 0 fully saturated rings. The number of amides is 1. The number of nitrogens with two attached hydrogens (primary N) is 1. The van der Waals surface area contributed by atoms with Crippen LogP contribution in [-0.4, -0.2) is 10.9 Å². The van der Waals surface area contributed by atoms with Gasteiger partial charge in [-0.25, -0.2) is 13.8 Å². The van der Waals surface area contributed by atoms with Crippen LogP contribution in [0.4, 0.5) is 20.3 Å². The topological polar surface area (TPSA) is 68.0 Å². The van der Waals surface area contributed by atoms with E-state index in [2.05, 4.69) is 26.2 Å². The van der Waals surface area contributed by atoms with Crippen molar-refractivity contribution < 1.29 is 13.6 Å². The number of halogens is 4. The molecule has 0 saturated carbocycles. The summed E-state index contributed by atoms with van der Waals surface area (Å²) in [4.78, 5) is 15.7. The first-order chi connectivity index (χ1) is 9.38. The number of rotatable bonds is 2. The molecule has 1 aromatic carbocycles. The lowest BCUT2D eigenvalue weighted by molar-refractivity contribution is 0.102. The Balaban J connectivity index is 2.35. The van der Waals surface area contributed by atoms with E-state index in [4.69, 9.17) is 17.3 Å². The first kappa shape index (κ1) is 14.7. The van der Waals surface area contributed by atoms with Crippen molar-refractivity contribution in [1.82, 2.24) is 4.98 Å². The molecule has 104 valence electrons. The molecule has 0 aliphatic rings. The van der Waals surface area contributed by atoms with E-state index in [1.54, 1.807) is 0 Å². The fourth-order valence-electron chi connectivity index (χ4n) is 1.45. The molecule has 8 heteroatoms. The second-order valence-corrected chi connectivity index (χ2v) is 5.03. The summed E-state index contributed by atoms with van der Waals surface area (Å²) in [7, 11) is 0. The number of aromatic nitrogens is 1. The Morgan fingerprint density at radius 1 is 1.35 bits per heavy atom. The molecule has 2 aromatic rings. The highest BCUT2D eigenvalue weighted by Gasteiger charge is 2.17. The van der Waals surface area contributed by atoms with Crippen molar-refractivity contribution in [3.63, 3.8) is 0 Å². The fraction of sp³-hybridized carbons (Fsp3) is 0. The van der Waals surface area contributed by atoms with E-state index in [1.807, 2.05) is 0 Å². The Hall–Kier alpha value is -1.73. The molecule has 3 N–H and O–H groups in total. The molecule has 20 heavy (non-hydrogen) atoms. The zero-order valence-corrected chi connectivity index (χ0v) is 12.1. The molecule has 0 bridgehead atoms. The minimum Gasteiger partial charge on any atom is -0.384 e. The molecule has 1 amide bonds. The van der Waals surface area contributed by atoms with E-state index >= 15 is 0 Å². The number of pyridine rings is 1. The zero-order valence-electron chi connectivity index (χ0n) is 9.75. The molecule has 0 aliphatic heterocycles. The van der Waals surface area contributed by atoms with Crippen molar-refractivity contribution in [2.24, 2.45) is 0 Å². The lowest BCUT2D eigenvalue weighted by atomic mass is 10.2. The zero-order chi connectivity index (χ0) is 14.9. The molecule has 0 saturated heterocycles. The van der Waals surface area contributed by atoms with E-state index in [9.17, 15) is 13.6 Å². The molecule has 4 nitrogen and oxygen atoms in total. The average Bonchev–Trinajstić information content (AvgIpc) is 2.36. The Kier molecular flexibility index (Phi) is 4.20. The summed E-state index contributed by atoms with van der Waals surface area (Å²) in [5.74, 6) is -2.36. The second kappa shape index (κ2) is 5.72. The lowest BCUT2D eigenvalue weighted by Gasteiger charge is -2.09. The maximum Gasteiger partial charge on any atom is 0.276 e. The number of carbonyl (C=O) groups excluding carboxylic acids is 1. The van der Waals surface area contributed by atoms with Crippen LogP contribution in [0.1, 0.15) is 10.5 Å². The highest BCUT2D eigenvalue weighted by atomic mass is 79.9. The van der Waals surface area contributed by atoms with Gasteiger partial charge in [-0.1, -0.05) is 11.6 Å². The van der Waals surface area contributed by atoms with E-state index in [-0.39, 0.29) is 26.7 Å². The standard InChI is InChI=1S/C12H7BrClF2N3O/c13-6-3-5(15)4-8(16)10(6)19-12(20)11-7(14)1-2-9(17)18-11/h1-4H,(H2,17,18)(H,19,20). The van der Waals surface area contributed by atoms with Gasteiger partial charge in [-0.15, -0.1) is 0 Å². The van der Waals surface area contributed by atoms with Crippen LogP contribution in [-0.2, 0) is 0 Å². The summed E-state index contributed by atoms with van der Waals surface area (Å²) in [5.41, 5.74) is 5.09. The van der Waals surface area contributed by atoms with E-state index < -0.39 is 17.5 Å². The summed E-state index contributed by atoms with van der Waals surface area (Å²) >= 11 is 8.78. The van der Waals surface area contributed by atoms with Gasteiger partial charge < -0.3 is 11.1 Å². The van der Waals surface area contributed by atoms with Gasteiger partial charge in [0, 0.05) is 10.5 Å². The summed E-state index contributed by atoms with van der Waals surface area (Å²) in [6, 6.07) is 4.49. The van der Waals surface area contributed by atoms with Gasteiger partial charge in [-0.05, 0) is 34.1 Å². The van der Waals surface area contributed by atoms with Crippen molar-refractivity contribution in [1.29, 1.82) is 0 Å². The van der Waals surface area contributed by atoms with Crippen LogP contribution in [0.3, 0.4) is 0 Å². The van der Waals surface area contributed by atoms with Gasteiger partial charge in [0.1, 0.15) is 17.3 Å². The van der Waals surface area contributed by atoms with Crippen LogP contribution in [0, 0.1) is 11.6 Å². The van der Waals surface area contributed by atoms with Crippen molar-refractivity contribution in [2.75, 3.05) is 11.1 Å². The first-order valence-electron chi connectivity index (χ1n) is 5.26. The monoisotopic (exact) mass is 361 g/mol. The smallest absolute Gasteiger partial charge is 0.276 e. The van der Waals surface area contributed by atoms with Crippen LogP contribution in [0.5, 0.6) is 0 Å². The number of hydrogen-bond acceptors (Lipinski definition) is 3. The summed E-state index contributed by atoms with van der Waals surface area (Å²) in [5, 5.41) is 2.33. The second-order valence-electron chi connectivity index (χ2n) is 3.77. The number of carbonyl (C=O) groups is 1. The number of nitrogens with zero attached hydrogens (tertiary/aromatic N) is 1. The lowest BCUT2D eigenvalue weighted by Crippen LogP contribution is -2.16. The molecule has 1 heterocycles. The largest absolute Gasteiger partial charge is 0.384 e. The predicted molar refractivity (Wildman–Crippen MR) is 75.7 cm³/mol. The summed E-state index contributed by atoms with van der Waals surface area (Å²) in [6.45, 7) is 0. The number of nitrogens with one attached hydrogen (secondary N) is 1. The molecular weight excluding hydrogens is 356 g/mol. The first-order valence-corrected chi connectivity index (χ1v) is 6.43. The van der Waals surface area contributed by atoms with Crippen LogP contribution in [0.15, 0.2) is 28.7 Å². The van der Waals surface area contributed by atoms with Crippen molar-refractivity contribution in [3.8, 4) is 0 Å². The van der Waals surface area contributed by atoms with Crippen molar-refractivity contribution >= 4 is 44.9 Å². The van der Waals surface area contributed by atoms with E-state index in [0.29, 0.717) is 6.07 Å². The molecular formula is C12H7BrClF2N3O. The van der Waals surface area contributed by atoms with Crippen LogP contribution >= 0.6 is 27.5 Å². The maximum absolute atomic E-state index is 13.6. The highest BCUT2D eigenvalue weighted by molar-refractivity contribution is 9.10. The maximum atomic E-state index is 13.6. The minimum absolute atomic E-state index is 0.0587. The number of hydrogen-bond donors (Lipinski definition) is 2. The van der Waals surface area contributed by atoms with Gasteiger partial charge in [0.2, 0.25) is 0 Å². The van der Waals surface area contributed by atoms with Gasteiger partial charge in [-0.2, -0.15) is 0 Å². The summed E-state index contributed by atoms with van der Waals surface area (Å²) in [6.07, 6.45) is 0. The van der Waals surface area contributed by atoms with Crippen LogP contribution < -0.4 is 11.1 Å². The molecule has 0 unspecified atom stereocenters. The van der Waals surface area contributed by atoms with Gasteiger partial charge in [0.15, 0.2) is 5.82 Å². The Morgan fingerprint density at radius 3 is 2.70 bits per heavy atom. The molecule has 0 spiro atoms. The molecule has 0 radical (unpaired) electrons. The molecule has 1 aromatic heterocycles.